The van der Waals surface area contributed by atoms with Crippen molar-refractivity contribution >= 4 is 23.4 Å². The predicted octanol–water partition coefficient (Wildman–Crippen LogP) is 2.03. The Labute approximate surface area is 111 Å². The average Bonchev–Trinajstić information content (AvgIpc) is 2.86. The third-order valence-electron chi connectivity index (χ3n) is 2.45. The van der Waals surface area contributed by atoms with Crippen LogP contribution in [-0.2, 0) is 4.79 Å². The van der Waals surface area contributed by atoms with E-state index in [0.717, 1.165) is 12.1 Å². The van der Waals surface area contributed by atoms with Gasteiger partial charge in [0, 0.05) is 23.4 Å². The number of halogens is 3. The maximum atomic E-state index is 13.4. The summed E-state index contributed by atoms with van der Waals surface area (Å²) < 4.78 is 41.3. The van der Waals surface area contributed by atoms with Gasteiger partial charge in [-0.1, -0.05) is 0 Å². The van der Waals surface area contributed by atoms with Crippen LogP contribution >= 0.6 is 11.8 Å². The zero-order valence-corrected chi connectivity index (χ0v) is 10.5. The standard InChI is InChI=1S/C11H11F3N2O2S/c12-7-3-6(1-2-9(7)18-11(13)14)16-10(17)8-4-19-5-15-8/h1-3,8,11,15H,4-5H2,(H,16,17). The molecule has 0 spiro atoms. The molecule has 1 fully saturated rings. The molecule has 1 aromatic carbocycles. The van der Waals surface area contributed by atoms with E-state index < -0.39 is 18.2 Å². The highest BCUT2D eigenvalue weighted by atomic mass is 32.2. The number of alkyl halides is 2. The zero-order chi connectivity index (χ0) is 13.8. The fraction of sp³-hybridized carbons (Fsp3) is 0.364. The third-order valence-corrected chi connectivity index (χ3v) is 3.39. The quantitative estimate of drug-likeness (QED) is 0.891. The number of rotatable bonds is 4. The molecule has 0 bridgehead atoms. The van der Waals surface area contributed by atoms with E-state index in [1.807, 2.05) is 0 Å². The summed E-state index contributed by atoms with van der Waals surface area (Å²) in [6.07, 6.45) is 0. The first-order valence-electron chi connectivity index (χ1n) is 5.42. The van der Waals surface area contributed by atoms with Gasteiger partial charge in [0.1, 0.15) is 0 Å². The van der Waals surface area contributed by atoms with E-state index in [0.29, 0.717) is 11.6 Å². The number of anilines is 1. The molecule has 1 unspecified atom stereocenters. The molecule has 1 saturated heterocycles. The lowest BCUT2D eigenvalue weighted by Crippen LogP contribution is -2.37. The van der Waals surface area contributed by atoms with Gasteiger partial charge >= 0.3 is 6.61 Å². The molecule has 0 radical (unpaired) electrons. The lowest BCUT2D eigenvalue weighted by atomic mass is 10.2. The molecule has 0 aliphatic carbocycles. The monoisotopic (exact) mass is 292 g/mol. The van der Waals surface area contributed by atoms with E-state index in [1.165, 1.54) is 6.07 Å². The van der Waals surface area contributed by atoms with E-state index in [-0.39, 0.29) is 17.6 Å². The Kier molecular flexibility index (Phi) is 4.54. The van der Waals surface area contributed by atoms with Crippen molar-refractivity contribution in [2.75, 3.05) is 16.9 Å². The van der Waals surface area contributed by atoms with Crippen molar-refractivity contribution < 1.29 is 22.7 Å². The van der Waals surface area contributed by atoms with Crippen LogP contribution in [0.25, 0.3) is 0 Å². The molecule has 1 atom stereocenters. The topological polar surface area (TPSA) is 50.4 Å². The lowest BCUT2D eigenvalue weighted by molar-refractivity contribution is -0.117. The van der Waals surface area contributed by atoms with Gasteiger partial charge in [0.2, 0.25) is 5.91 Å². The van der Waals surface area contributed by atoms with Crippen LogP contribution < -0.4 is 15.4 Å². The normalized spacial score (nSPS) is 18.6. The molecule has 4 nitrogen and oxygen atoms in total. The van der Waals surface area contributed by atoms with Crippen LogP contribution in [0.1, 0.15) is 0 Å². The molecule has 104 valence electrons. The van der Waals surface area contributed by atoms with Gasteiger partial charge in [-0.05, 0) is 12.1 Å². The van der Waals surface area contributed by atoms with Gasteiger partial charge < -0.3 is 10.1 Å². The fourth-order valence-corrected chi connectivity index (χ4v) is 2.50. The largest absolute Gasteiger partial charge is 0.432 e. The molecule has 2 N–H and O–H groups in total. The van der Waals surface area contributed by atoms with Gasteiger partial charge in [0.25, 0.3) is 0 Å². The second-order valence-electron chi connectivity index (χ2n) is 3.78. The van der Waals surface area contributed by atoms with Gasteiger partial charge in [-0.3, -0.25) is 10.1 Å². The second-order valence-corrected chi connectivity index (χ2v) is 4.82. The van der Waals surface area contributed by atoms with Crippen LogP contribution in [0.4, 0.5) is 18.9 Å². The van der Waals surface area contributed by atoms with E-state index in [9.17, 15) is 18.0 Å². The molecule has 2 rings (SSSR count). The first-order chi connectivity index (χ1) is 9.06. The number of nitrogens with one attached hydrogen (secondary N) is 2. The second kappa shape index (κ2) is 6.16. The maximum Gasteiger partial charge on any atom is 0.387 e. The molecule has 8 heteroatoms. The summed E-state index contributed by atoms with van der Waals surface area (Å²) in [5.74, 6) is -0.463. The number of hydrogen-bond acceptors (Lipinski definition) is 4. The molecular formula is C11H11F3N2O2S. The van der Waals surface area contributed by atoms with E-state index in [4.69, 9.17) is 0 Å². The SMILES string of the molecule is O=C(Nc1ccc(OC(F)F)c(F)c1)C1CSCN1. The minimum Gasteiger partial charge on any atom is -0.432 e. The van der Waals surface area contributed by atoms with Crippen LogP contribution in [0, 0.1) is 5.82 Å². The summed E-state index contributed by atoms with van der Waals surface area (Å²) in [7, 11) is 0. The number of thioether (sulfide) groups is 1. The van der Waals surface area contributed by atoms with Crippen molar-refractivity contribution in [2.45, 2.75) is 12.7 Å². The van der Waals surface area contributed by atoms with Crippen molar-refractivity contribution in [3.63, 3.8) is 0 Å². The molecule has 1 heterocycles. The fourth-order valence-electron chi connectivity index (χ4n) is 1.56. The number of carbonyl (C=O) groups is 1. The van der Waals surface area contributed by atoms with Crippen molar-refractivity contribution in [2.24, 2.45) is 0 Å². The van der Waals surface area contributed by atoms with Crippen molar-refractivity contribution in [3.8, 4) is 5.75 Å². The first-order valence-corrected chi connectivity index (χ1v) is 6.58. The van der Waals surface area contributed by atoms with Gasteiger partial charge in [-0.25, -0.2) is 4.39 Å². The molecule has 0 aromatic heterocycles. The maximum absolute atomic E-state index is 13.4. The molecular weight excluding hydrogens is 281 g/mol. The van der Waals surface area contributed by atoms with Crippen molar-refractivity contribution in [1.29, 1.82) is 0 Å². The number of hydrogen-bond donors (Lipinski definition) is 2. The predicted molar refractivity (Wildman–Crippen MR) is 65.9 cm³/mol. The van der Waals surface area contributed by atoms with Crippen LogP contribution in [0.3, 0.4) is 0 Å². The summed E-state index contributed by atoms with van der Waals surface area (Å²) in [5.41, 5.74) is 0.197. The highest BCUT2D eigenvalue weighted by molar-refractivity contribution is 7.99. The Balaban J connectivity index is 2.01. The van der Waals surface area contributed by atoms with Gasteiger partial charge in [0.15, 0.2) is 11.6 Å². The average molecular weight is 292 g/mol. The minimum atomic E-state index is -3.09. The summed E-state index contributed by atoms with van der Waals surface area (Å²) in [5, 5.41) is 5.47. The number of carbonyl (C=O) groups excluding carboxylic acids is 1. The Bertz CT molecular complexity index is 467. The zero-order valence-electron chi connectivity index (χ0n) is 9.66. The van der Waals surface area contributed by atoms with Crippen molar-refractivity contribution in [3.05, 3.63) is 24.0 Å². The summed E-state index contributed by atoms with van der Waals surface area (Å²) in [6.45, 7) is -3.09. The summed E-state index contributed by atoms with van der Waals surface area (Å²) in [4.78, 5) is 11.7. The highest BCUT2D eigenvalue weighted by Gasteiger charge is 2.22. The molecule has 1 aliphatic heterocycles. The van der Waals surface area contributed by atoms with E-state index >= 15 is 0 Å². The molecule has 0 saturated carbocycles. The number of amides is 1. The van der Waals surface area contributed by atoms with Gasteiger partial charge in [0.05, 0.1) is 6.04 Å². The highest BCUT2D eigenvalue weighted by Crippen LogP contribution is 2.23. The van der Waals surface area contributed by atoms with Crippen LogP contribution in [0.2, 0.25) is 0 Å². The van der Waals surface area contributed by atoms with E-state index in [1.54, 1.807) is 11.8 Å². The number of ether oxygens (including phenoxy) is 1. The molecule has 1 aromatic rings. The Morgan fingerprint density at radius 2 is 2.32 bits per heavy atom. The van der Waals surface area contributed by atoms with Crippen LogP contribution in [0.5, 0.6) is 5.75 Å². The molecule has 19 heavy (non-hydrogen) atoms. The smallest absolute Gasteiger partial charge is 0.387 e. The van der Waals surface area contributed by atoms with Crippen LogP contribution in [-0.4, -0.2) is 30.2 Å². The number of benzene rings is 1. The Morgan fingerprint density at radius 1 is 1.53 bits per heavy atom. The summed E-state index contributed by atoms with van der Waals surface area (Å²) >= 11 is 1.58. The molecule has 1 amide bonds. The van der Waals surface area contributed by atoms with Gasteiger partial charge in [-0.15, -0.1) is 11.8 Å². The lowest BCUT2D eigenvalue weighted by Gasteiger charge is -2.11. The van der Waals surface area contributed by atoms with Gasteiger partial charge in [-0.2, -0.15) is 8.78 Å². The third kappa shape index (κ3) is 3.77. The Hall–Kier alpha value is -1.41. The van der Waals surface area contributed by atoms with Crippen molar-refractivity contribution in [1.82, 2.24) is 5.32 Å². The van der Waals surface area contributed by atoms with E-state index in [2.05, 4.69) is 15.4 Å². The summed E-state index contributed by atoms with van der Waals surface area (Å²) in [6, 6.07) is 2.97. The molecule has 1 aliphatic rings. The first kappa shape index (κ1) is 14.0. The minimum absolute atomic E-state index is 0.197. The van der Waals surface area contributed by atoms with Crippen LogP contribution in [0.15, 0.2) is 18.2 Å². The Morgan fingerprint density at radius 3 is 2.89 bits per heavy atom.